The largest absolute Gasteiger partial charge is 0.484 e. The Hall–Kier alpha value is -2.40. The van der Waals surface area contributed by atoms with Crippen LogP contribution in [0.25, 0.3) is 11.0 Å². The maximum Gasteiger partial charge on any atom is 0.260 e. The maximum absolute atomic E-state index is 13.1. The van der Waals surface area contributed by atoms with Gasteiger partial charge in [0, 0.05) is 31.2 Å². The summed E-state index contributed by atoms with van der Waals surface area (Å²) < 4.78 is 37.5. The second-order valence-corrected chi connectivity index (χ2v) is 9.28. The van der Waals surface area contributed by atoms with Gasteiger partial charge in [-0.25, -0.2) is 13.0 Å². The molecule has 1 amide bonds. The molecule has 2 aromatic carbocycles. The van der Waals surface area contributed by atoms with Gasteiger partial charge in [-0.3, -0.25) is 4.79 Å². The van der Waals surface area contributed by atoms with E-state index in [0.717, 1.165) is 0 Å². The molecule has 0 atom stereocenters. The molecule has 0 unspecified atom stereocenters. The second-order valence-electron chi connectivity index (χ2n) is 6.53. The van der Waals surface area contributed by atoms with Crippen molar-refractivity contribution in [1.82, 2.24) is 19.5 Å². The number of halogens is 2. The van der Waals surface area contributed by atoms with Crippen LogP contribution < -0.4 is 4.74 Å². The molecule has 1 aromatic heterocycles. The summed E-state index contributed by atoms with van der Waals surface area (Å²) in [6.07, 6.45) is 0. The molecule has 4 rings (SSSR count). The number of sulfonamides is 1. The maximum atomic E-state index is 13.1. The molecule has 0 N–H and O–H groups in total. The average Bonchev–Trinajstić information content (AvgIpc) is 3.24. The molecule has 0 radical (unpaired) electrons. The first-order chi connectivity index (χ1) is 14.4. The summed E-state index contributed by atoms with van der Waals surface area (Å²) in [6, 6.07) is 9.50. The number of carbonyl (C=O) groups excluding carboxylic acids is 1. The minimum absolute atomic E-state index is 0.0333. The molecule has 1 saturated heterocycles. The number of fused-ring (bicyclic) bond motifs is 1. The molecule has 1 aliphatic heterocycles. The molecule has 158 valence electrons. The van der Waals surface area contributed by atoms with Gasteiger partial charge in [0.1, 0.15) is 10.6 Å². The van der Waals surface area contributed by atoms with E-state index in [1.807, 2.05) is 0 Å². The number of rotatable bonds is 5. The highest BCUT2D eigenvalue weighted by atomic mass is 35.5. The topological polar surface area (TPSA) is 106 Å². The fourth-order valence-corrected chi connectivity index (χ4v) is 4.96. The predicted molar refractivity (Wildman–Crippen MR) is 109 cm³/mol. The molecular formula is C18H16Cl2N4O5S. The van der Waals surface area contributed by atoms with Crippen LogP contribution in [0.4, 0.5) is 0 Å². The number of carbonyl (C=O) groups is 1. The van der Waals surface area contributed by atoms with Crippen LogP contribution in [0.2, 0.25) is 10.0 Å². The van der Waals surface area contributed by atoms with Gasteiger partial charge in [-0.2, -0.15) is 4.31 Å². The minimum Gasteiger partial charge on any atom is -0.484 e. The third-order valence-electron chi connectivity index (χ3n) is 4.71. The van der Waals surface area contributed by atoms with Gasteiger partial charge in [0.25, 0.3) is 5.91 Å². The molecular weight excluding hydrogens is 455 g/mol. The Balaban J connectivity index is 1.39. The molecule has 12 heteroatoms. The smallest absolute Gasteiger partial charge is 0.260 e. The fraction of sp³-hybridized carbons (Fsp3) is 0.278. The van der Waals surface area contributed by atoms with Crippen molar-refractivity contribution in [3.63, 3.8) is 0 Å². The van der Waals surface area contributed by atoms with Crippen molar-refractivity contribution >= 4 is 50.2 Å². The van der Waals surface area contributed by atoms with Gasteiger partial charge in [-0.1, -0.05) is 23.2 Å². The average molecular weight is 471 g/mol. The van der Waals surface area contributed by atoms with Crippen molar-refractivity contribution in [1.29, 1.82) is 0 Å². The molecule has 0 bridgehead atoms. The highest BCUT2D eigenvalue weighted by Gasteiger charge is 2.32. The molecule has 1 aliphatic rings. The number of hydrogen-bond donors (Lipinski definition) is 0. The molecule has 0 saturated carbocycles. The van der Waals surface area contributed by atoms with Crippen LogP contribution in [0, 0.1) is 0 Å². The zero-order valence-electron chi connectivity index (χ0n) is 15.5. The van der Waals surface area contributed by atoms with Gasteiger partial charge in [-0.05, 0) is 46.7 Å². The number of benzene rings is 2. The van der Waals surface area contributed by atoms with Crippen molar-refractivity contribution in [2.45, 2.75) is 4.90 Å². The third kappa shape index (κ3) is 4.08. The van der Waals surface area contributed by atoms with Crippen LogP contribution in [0.3, 0.4) is 0 Å². The zero-order valence-corrected chi connectivity index (χ0v) is 17.8. The zero-order chi connectivity index (χ0) is 21.3. The summed E-state index contributed by atoms with van der Waals surface area (Å²) in [4.78, 5) is 13.9. The quantitative estimate of drug-likeness (QED) is 0.563. The SMILES string of the molecule is O=C(COc1ccc(Cl)cc1)N1CCN(S(=O)(=O)c2ccc(Cl)c3nonc23)CC1. The van der Waals surface area contributed by atoms with Crippen LogP contribution in [-0.2, 0) is 14.8 Å². The molecule has 0 spiro atoms. The highest BCUT2D eigenvalue weighted by Crippen LogP contribution is 2.29. The number of aromatic nitrogens is 2. The van der Waals surface area contributed by atoms with Gasteiger partial charge in [0.15, 0.2) is 17.6 Å². The Morgan fingerprint density at radius 2 is 1.67 bits per heavy atom. The highest BCUT2D eigenvalue weighted by molar-refractivity contribution is 7.89. The normalized spacial score (nSPS) is 15.5. The molecule has 0 aliphatic carbocycles. The number of piperazine rings is 1. The minimum atomic E-state index is -3.85. The van der Waals surface area contributed by atoms with E-state index in [0.29, 0.717) is 10.8 Å². The molecule has 1 fully saturated rings. The van der Waals surface area contributed by atoms with Crippen molar-refractivity contribution in [3.8, 4) is 5.75 Å². The molecule has 3 aromatic rings. The lowest BCUT2D eigenvalue weighted by molar-refractivity contribution is -0.134. The van der Waals surface area contributed by atoms with E-state index < -0.39 is 10.0 Å². The predicted octanol–water partition coefficient (Wildman–Crippen LogP) is 2.44. The van der Waals surface area contributed by atoms with E-state index >= 15 is 0 Å². The Morgan fingerprint density at radius 1 is 1.00 bits per heavy atom. The summed E-state index contributed by atoms with van der Waals surface area (Å²) in [5.74, 6) is 0.304. The van der Waals surface area contributed by atoms with Gasteiger partial charge < -0.3 is 9.64 Å². The first kappa shape index (κ1) is 20.9. The third-order valence-corrected chi connectivity index (χ3v) is 7.20. The summed E-state index contributed by atoms with van der Waals surface area (Å²) in [6.45, 7) is 0.636. The first-order valence-corrected chi connectivity index (χ1v) is 11.1. The molecule has 9 nitrogen and oxygen atoms in total. The van der Waals surface area contributed by atoms with Crippen LogP contribution >= 0.6 is 23.2 Å². The standard InChI is InChI=1S/C18H16Cl2N4O5S/c19-12-1-3-13(4-2-12)28-11-16(25)23-7-9-24(10-8-23)30(26,27)15-6-5-14(20)17-18(15)22-29-21-17/h1-6H,7-11H2. The molecule has 2 heterocycles. The lowest BCUT2D eigenvalue weighted by Gasteiger charge is -2.33. The van der Waals surface area contributed by atoms with Crippen molar-refractivity contribution in [2.75, 3.05) is 32.8 Å². The van der Waals surface area contributed by atoms with E-state index in [1.165, 1.54) is 16.4 Å². The Kier molecular flexibility index (Phi) is 5.83. The monoisotopic (exact) mass is 470 g/mol. The first-order valence-electron chi connectivity index (χ1n) is 8.93. The summed E-state index contributed by atoms with van der Waals surface area (Å²) >= 11 is 11.8. The van der Waals surface area contributed by atoms with Gasteiger partial charge in [0.05, 0.1) is 5.02 Å². The number of amides is 1. The Labute approximate surface area is 182 Å². The lowest BCUT2D eigenvalue weighted by Crippen LogP contribution is -2.51. The molecule has 30 heavy (non-hydrogen) atoms. The van der Waals surface area contributed by atoms with Gasteiger partial charge >= 0.3 is 0 Å². The van der Waals surface area contributed by atoms with Gasteiger partial charge in [-0.15, -0.1) is 0 Å². The van der Waals surface area contributed by atoms with E-state index in [4.69, 9.17) is 27.9 Å². The van der Waals surface area contributed by atoms with Crippen LogP contribution in [-0.4, -0.2) is 66.6 Å². The Bertz CT molecular complexity index is 1180. The van der Waals surface area contributed by atoms with Crippen molar-refractivity contribution in [3.05, 3.63) is 46.4 Å². The lowest BCUT2D eigenvalue weighted by atomic mass is 10.3. The Morgan fingerprint density at radius 3 is 2.37 bits per heavy atom. The number of nitrogens with zero attached hydrogens (tertiary/aromatic N) is 4. The van der Waals surface area contributed by atoms with E-state index in [2.05, 4.69) is 14.9 Å². The van der Waals surface area contributed by atoms with Crippen molar-refractivity contribution < 1.29 is 22.6 Å². The van der Waals surface area contributed by atoms with E-state index in [9.17, 15) is 13.2 Å². The van der Waals surface area contributed by atoms with E-state index in [1.54, 1.807) is 29.2 Å². The summed E-state index contributed by atoms with van der Waals surface area (Å²) in [7, 11) is -3.85. The van der Waals surface area contributed by atoms with E-state index in [-0.39, 0.29) is 59.6 Å². The van der Waals surface area contributed by atoms with Crippen LogP contribution in [0.5, 0.6) is 5.75 Å². The van der Waals surface area contributed by atoms with Crippen LogP contribution in [0.1, 0.15) is 0 Å². The van der Waals surface area contributed by atoms with Crippen LogP contribution in [0.15, 0.2) is 45.9 Å². The van der Waals surface area contributed by atoms with Crippen molar-refractivity contribution in [2.24, 2.45) is 0 Å². The summed E-state index contributed by atoms with van der Waals surface area (Å²) in [5, 5.41) is 8.15. The fourth-order valence-electron chi connectivity index (χ4n) is 3.11. The van der Waals surface area contributed by atoms with Gasteiger partial charge in [0.2, 0.25) is 10.0 Å². The summed E-state index contributed by atoms with van der Waals surface area (Å²) in [5.41, 5.74) is 0.267. The number of hydrogen-bond acceptors (Lipinski definition) is 7. The second kappa shape index (κ2) is 8.38. The number of ether oxygens (including phenoxy) is 1.